The van der Waals surface area contributed by atoms with E-state index in [1.54, 1.807) is 0 Å². The Morgan fingerprint density at radius 3 is 2.50 bits per heavy atom. The third kappa shape index (κ3) is 3.26. The standard InChI is InChI=1S/C14H21NS/c1-11-2-4-13(5-3-11)14(15)10-12-6-8-16-9-7-12/h2-5,12,14H,6-10,15H2,1H3. The minimum absolute atomic E-state index is 0.230. The molecule has 1 heterocycles. The molecule has 1 aliphatic rings. The van der Waals surface area contributed by atoms with Crippen LogP contribution >= 0.6 is 11.8 Å². The predicted molar refractivity (Wildman–Crippen MR) is 72.8 cm³/mol. The summed E-state index contributed by atoms with van der Waals surface area (Å²) in [5.74, 6) is 3.49. The lowest BCUT2D eigenvalue weighted by Crippen LogP contribution is -2.18. The summed E-state index contributed by atoms with van der Waals surface area (Å²) in [6, 6.07) is 8.90. The number of aryl methyl sites for hydroxylation is 1. The Hall–Kier alpha value is -0.470. The molecule has 0 amide bonds. The average molecular weight is 235 g/mol. The van der Waals surface area contributed by atoms with Gasteiger partial charge in [0.2, 0.25) is 0 Å². The van der Waals surface area contributed by atoms with E-state index in [1.165, 1.54) is 35.5 Å². The SMILES string of the molecule is Cc1ccc(C(N)CC2CCSCC2)cc1. The molecule has 0 aliphatic carbocycles. The Bertz CT molecular complexity index is 314. The van der Waals surface area contributed by atoms with Gasteiger partial charge in [-0.25, -0.2) is 0 Å². The molecule has 1 saturated heterocycles. The van der Waals surface area contributed by atoms with Crippen LogP contribution < -0.4 is 5.73 Å². The van der Waals surface area contributed by atoms with Crippen LogP contribution in [0.25, 0.3) is 0 Å². The van der Waals surface area contributed by atoms with Crippen molar-refractivity contribution in [3.8, 4) is 0 Å². The van der Waals surface area contributed by atoms with Gasteiger partial charge in [0.05, 0.1) is 0 Å². The second-order valence-electron chi connectivity index (χ2n) is 4.81. The second kappa shape index (κ2) is 5.74. The first-order chi connectivity index (χ1) is 7.75. The van der Waals surface area contributed by atoms with Crippen LogP contribution in [0.15, 0.2) is 24.3 Å². The van der Waals surface area contributed by atoms with Gasteiger partial charge in [-0.1, -0.05) is 29.8 Å². The van der Waals surface area contributed by atoms with Crippen LogP contribution in [0, 0.1) is 12.8 Å². The van der Waals surface area contributed by atoms with Crippen LogP contribution in [0.3, 0.4) is 0 Å². The number of hydrogen-bond acceptors (Lipinski definition) is 2. The van der Waals surface area contributed by atoms with Crippen molar-refractivity contribution in [3.63, 3.8) is 0 Å². The van der Waals surface area contributed by atoms with Gasteiger partial charge in [-0.2, -0.15) is 11.8 Å². The molecule has 1 atom stereocenters. The van der Waals surface area contributed by atoms with E-state index in [1.807, 2.05) is 0 Å². The molecule has 16 heavy (non-hydrogen) atoms. The quantitative estimate of drug-likeness (QED) is 0.867. The highest BCUT2D eigenvalue weighted by atomic mass is 32.2. The average Bonchev–Trinajstić information content (AvgIpc) is 2.31. The molecule has 1 aliphatic heterocycles. The van der Waals surface area contributed by atoms with Gasteiger partial charge < -0.3 is 5.73 Å². The molecule has 1 aromatic carbocycles. The van der Waals surface area contributed by atoms with E-state index in [9.17, 15) is 0 Å². The summed E-state index contributed by atoms with van der Waals surface area (Å²) in [7, 11) is 0. The largest absolute Gasteiger partial charge is 0.324 e. The van der Waals surface area contributed by atoms with Gasteiger partial charge in [-0.05, 0) is 49.2 Å². The first kappa shape index (κ1) is 12.0. The zero-order chi connectivity index (χ0) is 11.4. The summed E-state index contributed by atoms with van der Waals surface area (Å²) < 4.78 is 0. The lowest BCUT2D eigenvalue weighted by atomic mass is 9.91. The summed E-state index contributed by atoms with van der Waals surface area (Å²) in [6.07, 6.45) is 3.86. The highest BCUT2D eigenvalue weighted by molar-refractivity contribution is 7.99. The Balaban J connectivity index is 1.91. The number of benzene rings is 1. The highest BCUT2D eigenvalue weighted by Gasteiger charge is 2.17. The fourth-order valence-electron chi connectivity index (χ4n) is 2.29. The number of thioether (sulfide) groups is 1. The highest BCUT2D eigenvalue weighted by Crippen LogP contribution is 2.29. The molecule has 0 saturated carbocycles. The second-order valence-corrected chi connectivity index (χ2v) is 6.03. The van der Waals surface area contributed by atoms with Gasteiger partial charge in [-0.15, -0.1) is 0 Å². The van der Waals surface area contributed by atoms with E-state index in [4.69, 9.17) is 5.73 Å². The Labute approximate surface area is 103 Å². The number of nitrogens with two attached hydrogens (primary N) is 1. The van der Waals surface area contributed by atoms with Crippen molar-refractivity contribution in [2.45, 2.75) is 32.2 Å². The zero-order valence-corrected chi connectivity index (χ0v) is 10.8. The summed E-state index contributed by atoms with van der Waals surface area (Å²) in [6.45, 7) is 2.12. The van der Waals surface area contributed by atoms with Crippen molar-refractivity contribution >= 4 is 11.8 Å². The van der Waals surface area contributed by atoms with Crippen LogP contribution in [0.5, 0.6) is 0 Å². The molecule has 0 aromatic heterocycles. The predicted octanol–water partition coefficient (Wildman–Crippen LogP) is 3.53. The maximum Gasteiger partial charge on any atom is 0.0297 e. The van der Waals surface area contributed by atoms with Crippen molar-refractivity contribution < 1.29 is 0 Å². The molecule has 1 fully saturated rings. The zero-order valence-electron chi connectivity index (χ0n) is 9.99. The monoisotopic (exact) mass is 235 g/mol. The first-order valence-corrected chi connectivity index (χ1v) is 7.31. The van der Waals surface area contributed by atoms with Crippen molar-refractivity contribution in [1.82, 2.24) is 0 Å². The molecule has 2 N–H and O–H groups in total. The maximum absolute atomic E-state index is 6.27. The molecule has 2 rings (SSSR count). The molecule has 1 aromatic rings. The minimum Gasteiger partial charge on any atom is -0.324 e. The molecule has 1 nitrogen and oxygen atoms in total. The van der Waals surface area contributed by atoms with Crippen LogP contribution in [-0.2, 0) is 0 Å². The van der Waals surface area contributed by atoms with Gasteiger partial charge in [0.15, 0.2) is 0 Å². The third-order valence-corrected chi connectivity index (χ3v) is 4.48. The van der Waals surface area contributed by atoms with Gasteiger partial charge in [-0.3, -0.25) is 0 Å². The molecule has 88 valence electrons. The molecular formula is C14H21NS. The summed E-state index contributed by atoms with van der Waals surface area (Å²) in [5, 5.41) is 0. The molecule has 2 heteroatoms. The van der Waals surface area contributed by atoms with E-state index < -0.39 is 0 Å². The topological polar surface area (TPSA) is 26.0 Å². The van der Waals surface area contributed by atoms with E-state index in [2.05, 4.69) is 43.0 Å². The molecular weight excluding hydrogens is 214 g/mol. The van der Waals surface area contributed by atoms with Gasteiger partial charge in [0, 0.05) is 6.04 Å². The van der Waals surface area contributed by atoms with Gasteiger partial charge in [0.1, 0.15) is 0 Å². The van der Waals surface area contributed by atoms with E-state index >= 15 is 0 Å². The van der Waals surface area contributed by atoms with Crippen molar-refractivity contribution in [2.24, 2.45) is 11.7 Å². The normalized spacial score (nSPS) is 19.6. The van der Waals surface area contributed by atoms with E-state index in [-0.39, 0.29) is 6.04 Å². The minimum atomic E-state index is 0.230. The van der Waals surface area contributed by atoms with E-state index in [0.717, 1.165) is 12.3 Å². The fourth-order valence-corrected chi connectivity index (χ4v) is 3.50. The number of hydrogen-bond donors (Lipinski definition) is 1. The van der Waals surface area contributed by atoms with Crippen LogP contribution in [0.2, 0.25) is 0 Å². The van der Waals surface area contributed by atoms with Crippen LogP contribution in [0.1, 0.15) is 36.4 Å². The first-order valence-electron chi connectivity index (χ1n) is 6.15. The Morgan fingerprint density at radius 1 is 1.25 bits per heavy atom. The molecule has 1 unspecified atom stereocenters. The van der Waals surface area contributed by atoms with Gasteiger partial charge in [0.25, 0.3) is 0 Å². The van der Waals surface area contributed by atoms with Crippen LogP contribution in [0.4, 0.5) is 0 Å². The Kier molecular flexibility index (Phi) is 4.30. The lowest BCUT2D eigenvalue weighted by molar-refractivity contribution is 0.413. The van der Waals surface area contributed by atoms with Crippen LogP contribution in [-0.4, -0.2) is 11.5 Å². The molecule has 0 bridgehead atoms. The third-order valence-electron chi connectivity index (χ3n) is 3.43. The fraction of sp³-hybridized carbons (Fsp3) is 0.571. The summed E-state index contributed by atoms with van der Waals surface area (Å²) in [4.78, 5) is 0. The van der Waals surface area contributed by atoms with Crippen molar-refractivity contribution in [1.29, 1.82) is 0 Å². The maximum atomic E-state index is 6.27. The number of rotatable bonds is 3. The van der Waals surface area contributed by atoms with Crippen molar-refractivity contribution in [2.75, 3.05) is 11.5 Å². The molecule has 0 spiro atoms. The molecule has 0 radical (unpaired) electrons. The summed E-state index contributed by atoms with van der Waals surface area (Å²) in [5.41, 5.74) is 8.87. The van der Waals surface area contributed by atoms with Crippen molar-refractivity contribution in [3.05, 3.63) is 35.4 Å². The lowest BCUT2D eigenvalue weighted by Gasteiger charge is -2.24. The summed E-state index contributed by atoms with van der Waals surface area (Å²) >= 11 is 2.08. The smallest absolute Gasteiger partial charge is 0.0297 e. The van der Waals surface area contributed by atoms with Gasteiger partial charge >= 0.3 is 0 Å². The van der Waals surface area contributed by atoms with E-state index in [0.29, 0.717) is 0 Å². The Morgan fingerprint density at radius 2 is 1.88 bits per heavy atom.